The molecule has 0 unspecified atom stereocenters. The highest BCUT2D eigenvalue weighted by Gasteiger charge is 2.20. The minimum atomic E-state index is -0.357. The average Bonchev–Trinajstić information content (AvgIpc) is 2.73. The van der Waals surface area contributed by atoms with Crippen LogP contribution >= 0.6 is 0 Å². The van der Waals surface area contributed by atoms with E-state index in [1.165, 1.54) is 13.0 Å². The van der Waals surface area contributed by atoms with Gasteiger partial charge in [0.1, 0.15) is 11.6 Å². The molecule has 29 heavy (non-hydrogen) atoms. The molecule has 0 aliphatic carbocycles. The number of H-pyrrole nitrogens is 1. The summed E-state index contributed by atoms with van der Waals surface area (Å²) in [5, 5.41) is 0.600. The molecule has 3 aromatic rings. The van der Waals surface area contributed by atoms with Crippen molar-refractivity contribution in [1.29, 1.82) is 0 Å². The Labute approximate surface area is 168 Å². The highest BCUT2D eigenvalue weighted by Crippen LogP contribution is 2.22. The molecule has 0 spiro atoms. The van der Waals surface area contributed by atoms with Crippen LogP contribution in [0.25, 0.3) is 10.9 Å². The van der Waals surface area contributed by atoms with E-state index in [9.17, 15) is 14.0 Å². The van der Waals surface area contributed by atoms with Gasteiger partial charge in [-0.3, -0.25) is 14.5 Å². The van der Waals surface area contributed by atoms with Crippen LogP contribution in [0.1, 0.15) is 23.1 Å². The van der Waals surface area contributed by atoms with Gasteiger partial charge in [0.25, 0.3) is 5.56 Å². The Morgan fingerprint density at radius 1 is 1.14 bits per heavy atom. The second kappa shape index (κ2) is 8.13. The van der Waals surface area contributed by atoms with Gasteiger partial charge < -0.3 is 9.88 Å². The van der Waals surface area contributed by atoms with Gasteiger partial charge in [-0.25, -0.2) is 9.37 Å². The summed E-state index contributed by atoms with van der Waals surface area (Å²) in [7, 11) is 0. The van der Waals surface area contributed by atoms with Gasteiger partial charge in [0.15, 0.2) is 5.78 Å². The van der Waals surface area contributed by atoms with Crippen molar-refractivity contribution in [2.75, 3.05) is 37.6 Å². The van der Waals surface area contributed by atoms with Gasteiger partial charge in [-0.05, 0) is 37.3 Å². The third-order valence-corrected chi connectivity index (χ3v) is 5.39. The molecular formula is C22H23FN4O2. The van der Waals surface area contributed by atoms with Crippen molar-refractivity contribution in [3.8, 4) is 0 Å². The number of aromatic amines is 1. The molecule has 1 saturated heterocycles. The molecule has 1 aliphatic rings. The van der Waals surface area contributed by atoms with Crippen LogP contribution in [-0.4, -0.2) is 53.4 Å². The van der Waals surface area contributed by atoms with E-state index in [0.29, 0.717) is 47.5 Å². The van der Waals surface area contributed by atoms with Crippen molar-refractivity contribution in [1.82, 2.24) is 14.9 Å². The quantitative estimate of drug-likeness (QED) is 0.674. The second-order valence-corrected chi connectivity index (χ2v) is 7.33. The number of carbonyl (C=O) groups excluding carboxylic acids is 1. The fraction of sp³-hybridized carbons (Fsp3) is 0.318. The molecule has 4 rings (SSSR count). The number of aromatic nitrogens is 2. The summed E-state index contributed by atoms with van der Waals surface area (Å²) in [6.45, 7) is 5.22. The molecule has 7 heteroatoms. The van der Waals surface area contributed by atoms with Gasteiger partial charge in [-0.1, -0.05) is 12.1 Å². The zero-order valence-electron chi connectivity index (χ0n) is 16.3. The summed E-state index contributed by atoms with van der Waals surface area (Å²) in [5.74, 6) is 0.187. The van der Waals surface area contributed by atoms with Crippen LogP contribution in [0.5, 0.6) is 0 Å². The number of rotatable bonds is 5. The number of para-hydroxylation sites is 1. The van der Waals surface area contributed by atoms with E-state index in [4.69, 9.17) is 0 Å². The molecule has 6 nitrogen and oxygen atoms in total. The van der Waals surface area contributed by atoms with Gasteiger partial charge in [0, 0.05) is 44.7 Å². The van der Waals surface area contributed by atoms with Crippen molar-refractivity contribution in [3.05, 3.63) is 70.0 Å². The van der Waals surface area contributed by atoms with E-state index >= 15 is 0 Å². The number of benzene rings is 2. The molecule has 0 radical (unpaired) electrons. The molecule has 150 valence electrons. The van der Waals surface area contributed by atoms with Crippen LogP contribution in [0.3, 0.4) is 0 Å². The van der Waals surface area contributed by atoms with E-state index in [-0.39, 0.29) is 17.2 Å². The normalized spacial score (nSPS) is 15.0. The number of halogens is 1. The maximum atomic E-state index is 14.4. The standard InChI is InChI=1S/C22H23FN4O2/c1-15(28)16-6-7-20(18(23)14-16)27-12-10-26(11-13-27)9-8-21-24-19-5-3-2-4-17(19)22(29)25-21/h2-7,14H,8-13H2,1H3,(H,24,25,29). The maximum Gasteiger partial charge on any atom is 0.258 e. The van der Waals surface area contributed by atoms with Crippen LogP contribution in [0.2, 0.25) is 0 Å². The lowest BCUT2D eigenvalue weighted by atomic mass is 10.1. The number of hydrogen-bond acceptors (Lipinski definition) is 5. The number of carbonyl (C=O) groups is 1. The smallest absolute Gasteiger partial charge is 0.258 e. The van der Waals surface area contributed by atoms with Crippen LogP contribution in [-0.2, 0) is 6.42 Å². The number of Topliss-reactive ketones (excluding diaryl/α,β-unsaturated/α-hetero) is 1. The zero-order chi connectivity index (χ0) is 20.4. The highest BCUT2D eigenvalue weighted by molar-refractivity contribution is 5.94. The highest BCUT2D eigenvalue weighted by atomic mass is 19.1. The first-order chi connectivity index (χ1) is 14.0. The minimum absolute atomic E-state index is 0.111. The van der Waals surface area contributed by atoms with Crippen molar-refractivity contribution in [2.24, 2.45) is 0 Å². The largest absolute Gasteiger partial charge is 0.367 e. The second-order valence-electron chi connectivity index (χ2n) is 7.33. The number of fused-ring (bicyclic) bond motifs is 1. The van der Waals surface area contributed by atoms with Gasteiger partial charge in [0.05, 0.1) is 16.6 Å². The molecule has 1 fully saturated rings. The number of ketones is 1. The lowest BCUT2D eigenvalue weighted by Gasteiger charge is -2.36. The van der Waals surface area contributed by atoms with Crippen molar-refractivity contribution < 1.29 is 9.18 Å². The molecule has 0 saturated carbocycles. The third-order valence-electron chi connectivity index (χ3n) is 5.39. The molecular weight excluding hydrogens is 371 g/mol. The summed E-state index contributed by atoms with van der Waals surface area (Å²) in [6.07, 6.45) is 0.655. The van der Waals surface area contributed by atoms with Crippen LogP contribution in [0.4, 0.5) is 10.1 Å². The number of anilines is 1. The summed E-state index contributed by atoms with van der Waals surface area (Å²) >= 11 is 0. The van der Waals surface area contributed by atoms with Crippen molar-refractivity contribution >= 4 is 22.4 Å². The Balaban J connectivity index is 1.36. The molecule has 1 N–H and O–H groups in total. The summed E-state index contributed by atoms with van der Waals surface area (Å²) in [4.78, 5) is 35.3. The van der Waals surface area contributed by atoms with Crippen LogP contribution in [0, 0.1) is 5.82 Å². The predicted molar refractivity (Wildman–Crippen MR) is 111 cm³/mol. The summed E-state index contributed by atoms with van der Waals surface area (Å²) in [6, 6.07) is 12.0. The van der Waals surface area contributed by atoms with Gasteiger partial charge in [-0.2, -0.15) is 0 Å². The topological polar surface area (TPSA) is 69.3 Å². The molecule has 0 bridgehead atoms. The van der Waals surface area contributed by atoms with Crippen molar-refractivity contribution in [2.45, 2.75) is 13.3 Å². The molecule has 0 atom stereocenters. The molecule has 2 heterocycles. The first-order valence-electron chi connectivity index (χ1n) is 9.77. The Morgan fingerprint density at radius 2 is 1.90 bits per heavy atom. The lowest BCUT2D eigenvalue weighted by molar-refractivity contribution is 0.101. The lowest BCUT2D eigenvalue weighted by Crippen LogP contribution is -2.47. The van der Waals surface area contributed by atoms with Crippen LogP contribution < -0.4 is 10.5 Å². The molecule has 0 amide bonds. The zero-order valence-corrected chi connectivity index (χ0v) is 16.3. The van der Waals surface area contributed by atoms with Gasteiger partial charge >= 0.3 is 0 Å². The van der Waals surface area contributed by atoms with E-state index in [1.807, 2.05) is 23.1 Å². The van der Waals surface area contributed by atoms with Gasteiger partial charge in [-0.15, -0.1) is 0 Å². The first-order valence-corrected chi connectivity index (χ1v) is 9.77. The Morgan fingerprint density at radius 3 is 2.62 bits per heavy atom. The fourth-order valence-electron chi connectivity index (χ4n) is 3.71. The maximum absolute atomic E-state index is 14.4. The SMILES string of the molecule is CC(=O)c1ccc(N2CCN(CCc3nc4ccccc4c(=O)[nH]3)CC2)c(F)c1. The Hall–Kier alpha value is -3.06. The number of piperazine rings is 1. The van der Waals surface area contributed by atoms with E-state index in [1.54, 1.807) is 18.2 Å². The molecule has 1 aromatic heterocycles. The molecule has 2 aromatic carbocycles. The average molecular weight is 394 g/mol. The first kappa shape index (κ1) is 19.3. The van der Waals surface area contributed by atoms with E-state index in [2.05, 4.69) is 14.9 Å². The summed E-state index contributed by atoms with van der Waals surface area (Å²) < 4.78 is 14.4. The fourth-order valence-corrected chi connectivity index (χ4v) is 3.71. The number of nitrogens with one attached hydrogen (secondary N) is 1. The predicted octanol–water partition coefficient (Wildman–Crippen LogP) is 2.63. The molecule has 1 aliphatic heterocycles. The monoisotopic (exact) mass is 394 g/mol. The number of hydrogen-bond donors (Lipinski definition) is 1. The van der Waals surface area contributed by atoms with E-state index < -0.39 is 0 Å². The van der Waals surface area contributed by atoms with Gasteiger partial charge in [0.2, 0.25) is 0 Å². The van der Waals surface area contributed by atoms with E-state index in [0.717, 1.165) is 19.6 Å². The third kappa shape index (κ3) is 4.19. The Bertz CT molecular complexity index is 1100. The summed E-state index contributed by atoms with van der Waals surface area (Å²) in [5.41, 5.74) is 1.53. The van der Waals surface area contributed by atoms with Crippen LogP contribution in [0.15, 0.2) is 47.3 Å². The number of nitrogens with zero attached hydrogens (tertiary/aromatic N) is 3. The minimum Gasteiger partial charge on any atom is -0.367 e. The Kier molecular flexibility index (Phi) is 5.40. The van der Waals surface area contributed by atoms with Crippen molar-refractivity contribution in [3.63, 3.8) is 0 Å².